The van der Waals surface area contributed by atoms with E-state index in [-0.39, 0.29) is 12.2 Å². The van der Waals surface area contributed by atoms with E-state index < -0.39 is 11.5 Å². The van der Waals surface area contributed by atoms with Crippen molar-refractivity contribution >= 4 is 43.3 Å². The van der Waals surface area contributed by atoms with E-state index in [9.17, 15) is 9.59 Å². The van der Waals surface area contributed by atoms with E-state index in [4.69, 9.17) is 4.74 Å². The minimum atomic E-state index is -0.456. The minimum Gasteiger partial charge on any atom is -0.496 e. The van der Waals surface area contributed by atoms with Crippen LogP contribution < -0.4 is 20.5 Å². The van der Waals surface area contributed by atoms with Crippen LogP contribution in [-0.4, -0.2) is 40.7 Å². The fraction of sp³-hybridized carbons (Fsp3) is 0.400. The molecular weight excluding hydrogens is 470 g/mol. The number of carbonyl (C=O) groups is 1. The third-order valence-corrected chi connectivity index (χ3v) is 6.67. The van der Waals surface area contributed by atoms with E-state index in [0.717, 1.165) is 41.1 Å². The van der Waals surface area contributed by atoms with Crippen molar-refractivity contribution in [2.24, 2.45) is 5.92 Å². The molecule has 0 saturated carbocycles. The van der Waals surface area contributed by atoms with Gasteiger partial charge in [-0.15, -0.1) is 5.10 Å². The van der Waals surface area contributed by atoms with Gasteiger partial charge in [0.15, 0.2) is 0 Å². The summed E-state index contributed by atoms with van der Waals surface area (Å²) in [6, 6.07) is 6.80. The number of rotatable bonds is 5. The standard InChI is InChI=1S/C20H22BrN5O3S/c1-12-5-7-25(8-6-12)20-24-26-15(10-17(27)23-19(26)30-20)18(28)22-11-13-9-14(21)3-4-16(13)29-2/h3-4,9-10,12H,5-8,11H2,1-2H3,(H,22,28). The number of benzene rings is 1. The van der Waals surface area contributed by atoms with Crippen LogP contribution in [0.15, 0.2) is 33.5 Å². The van der Waals surface area contributed by atoms with Crippen molar-refractivity contribution in [2.45, 2.75) is 26.3 Å². The first-order valence-electron chi connectivity index (χ1n) is 9.71. The highest BCUT2D eigenvalue weighted by Gasteiger charge is 2.22. The van der Waals surface area contributed by atoms with E-state index in [1.807, 2.05) is 18.2 Å². The number of methoxy groups -OCH3 is 1. The Balaban J connectivity index is 1.59. The number of nitrogens with one attached hydrogen (secondary N) is 1. The molecule has 0 bridgehead atoms. The van der Waals surface area contributed by atoms with Crippen molar-refractivity contribution in [1.82, 2.24) is 19.9 Å². The first-order chi connectivity index (χ1) is 14.4. The molecule has 10 heteroatoms. The lowest BCUT2D eigenvalue weighted by atomic mass is 10.00. The Bertz CT molecular complexity index is 1140. The van der Waals surface area contributed by atoms with Gasteiger partial charge in [-0.3, -0.25) is 9.59 Å². The number of piperidine rings is 1. The maximum atomic E-state index is 12.9. The Labute approximate surface area is 186 Å². The molecule has 3 aromatic rings. The summed E-state index contributed by atoms with van der Waals surface area (Å²) in [5.41, 5.74) is 0.536. The fourth-order valence-electron chi connectivity index (χ4n) is 3.45. The largest absolute Gasteiger partial charge is 0.496 e. The highest BCUT2D eigenvalue weighted by molar-refractivity contribution is 9.10. The summed E-state index contributed by atoms with van der Waals surface area (Å²) < 4.78 is 7.70. The summed E-state index contributed by atoms with van der Waals surface area (Å²) in [5.74, 6) is 0.979. The van der Waals surface area contributed by atoms with Gasteiger partial charge in [0.25, 0.3) is 11.5 Å². The fourth-order valence-corrected chi connectivity index (χ4v) is 4.81. The van der Waals surface area contributed by atoms with Gasteiger partial charge < -0.3 is 15.0 Å². The van der Waals surface area contributed by atoms with E-state index in [1.165, 1.54) is 21.9 Å². The zero-order valence-corrected chi connectivity index (χ0v) is 19.1. The molecule has 1 N–H and O–H groups in total. The highest BCUT2D eigenvalue weighted by Crippen LogP contribution is 2.27. The summed E-state index contributed by atoms with van der Waals surface area (Å²) in [7, 11) is 1.58. The van der Waals surface area contributed by atoms with Crippen LogP contribution in [0.1, 0.15) is 35.8 Å². The van der Waals surface area contributed by atoms with Crippen LogP contribution in [0.3, 0.4) is 0 Å². The molecule has 3 heterocycles. The van der Waals surface area contributed by atoms with Crippen LogP contribution in [-0.2, 0) is 6.54 Å². The van der Waals surface area contributed by atoms with Crippen molar-refractivity contribution < 1.29 is 9.53 Å². The van der Waals surface area contributed by atoms with Gasteiger partial charge >= 0.3 is 0 Å². The Morgan fingerprint density at radius 3 is 2.83 bits per heavy atom. The van der Waals surface area contributed by atoms with Crippen LogP contribution in [0.25, 0.3) is 4.96 Å². The van der Waals surface area contributed by atoms with Crippen molar-refractivity contribution in [2.75, 3.05) is 25.1 Å². The Morgan fingerprint density at radius 2 is 2.10 bits per heavy atom. The van der Waals surface area contributed by atoms with Gasteiger partial charge in [0.1, 0.15) is 11.4 Å². The third-order valence-electron chi connectivity index (χ3n) is 5.21. The lowest BCUT2D eigenvalue weighted by Crippen LogP contribution is -2.32. The van der Waals surface area contributed by atoms with Gasteiger partial charge in [-0.05, 0) is 37.0 Å². The molecule has 1 saturated heterocycles. The Hall–Kier alpha value is -2.46. The zero-order chi connectivity index (χ0) is 21.3. The highest BCUT2D eigenvalue weighted by atomic mass is 79.9. The molecule has 1 aromatic carbocycles. The van der Waals surface area contributed by atoms with Gasteiger partial charge in [0, 0.05) is 35.7 Å². The number of ether oxygens (including phenoxy) is 1. The molecule has 0 unspecified atom stereocenters. The Morgan fingerprint density at radius 1 is 1.33 bits per heavy atom. The predicted octanol–water partition coefficient (Wildman–Crippen LogP) is 3.09. The lowest BCUT2D eigenvalue weighted by molar-refractivity contribution is 0.0943. The number of aromatic nitrogens is 3. The molecule has 1 aliphatic heterocycles. The van der Waals surface area contributed by atoms with Gasteiger partial charge in [0.2, 0.25) is 10.1 Å². The average Bonchev–Trinajstić information content (AvgIpc) is 3.15. The molecular formula is C20H22BrN5O3S. The van der Waals surface area contributed by atoms with Crippen molar-refractivity contribution in [3.05, 3.63) is 50.3 Å². The topological polar surface area (TPSA) is 88.8 Å². The SMILES string of the molecule is COc1ccc(Br)cc1CNC(=O)c1cc(=O)nc2sc(N3CCC(C)CC3)nn12. The van der Waals surface area contributed by atoms with Gasteiger partial charge in [0.05, 0.1) is 7.11 Å². The monoisotopic (exact) mass is 491 g/mol. The zero-order valence-electron chi connectivity index (χ0n) is 16.7. The number of fused-ring (bicyclic) bond motifs is 1. The van der Waals surface area contributed by atoms with Gasteiger partial charge in [-0.25, -0.2) is 0 Å². The van der Waals surface area contributed by atoms with Crippen molar-refractivity contribution in [1.29, 1.82) is 0 Å². The first-order valence-corrected chi connectivity index (χ1v) is 11.3. The lowest BCUT2D eigenvalue weighted by Gasteiger charge is -2.29. The van der Waals surface area contributed by atoms with Crippen LogP contribution in [0.5, 0.6) is 5.75 Å². The Kier molecular flexibility index (Phi) is 6.05. The van der Waals surface area contributed by atoms with Crippen LogP contribution in [0, 0.1) is 5.92 Å². The summed E-state index contributed by atoms with van der Waals surface area (Å²) in [6.07, 6.45) is 2.20. The van der Waals surface area contributed by atoms with Crippen molar-refractivity contribution in [3.63, 3.8) is 0 Å². The van der Waals surface area contributed by atoms with Crippen LogP contribution in [0.2, 0.25) is 0 Å². The molecule has 1 amide bonds. The van der Waals surface area contributed by atoms with Crippen molar-refractivity contribution in [3.8, 4) is 5.75 Å². The van der Waals surface area contributed by atoms with E-state index in [2.05, 4.69) is 43.2 Å². The summed E-state index contributed by atoms with van der Waals surface area (Å²) in [5, 5.41) is 8.23. The maximum Gasteiger partial charge on any atom is 0.274 e. The molecule has 8 nitrogen and oxygen atoms in total. The summed E-state index contributed by atoms with van der Waals surface area (Å²) >= 11 is 4.76. The summed E-state index contributed by atoms with van der Waals surface area (Å²) in [6.45, 7) is 4.32. The predicted molar refractivity (Wildman–Crippen MR) is 120 cm³/mol. The van der Waals surface area contributed by atoms with Gasteiger partial charge in [-0.1, -0.05) is 34.2 Å². The average molecular weight is 492 g/mol. The smallest absolute Gasteiger partial charge is 0.274 e. The van der Waals surface area contributed by atoms with E-state index >= 15 is 0 Å². The molecule has 0 aliphatic carbocycles. The molecule has 1 fully saturated rings. The maximum absolute atomic E-state index is 12.9. The van der Waals surface area contributed by atoms with E-state index in [0.29, 0.717) is 16.6 Å². The number of amides is 1. The molecule has 158 valence electrons. The van der Waals surface area contributed by atoms with Gasteiger partial charge in [-0.2, -0.15) is 9.50 Å². The molecule has 0 radical (unpaired) electrons. The molecule has 0 spiro atoms. The molecule has 30 heavy (non-hydrogen) atoms. The third kappa shape index (κ3) is 4.34. The first kappa shape index (κ1) is 20.8. The van der Waals surface area contributed by atoms with Crippen LogP contribution in [0.4, 0.5) is 5.13 Å². The number of halogens is 1. The second-order valence-electron chi connectivity index (χ2n) is 7.37. The molecule has 1 aliphatic rings. The molecule has 0 atom stereocenters. The number of anilines is 1. The number of hydrogen-bond acceptors (Lipinski definition) is 7. The molecule has 2 aromatic heterocycles. The minimum absolute atomic E-state index is 0.173. The number of hydrogen-bond donors (Lipinski definition) is 1. The quantitative estimate of drug-likeness (QED) is 0.589. The molecule has 4 rings (SSSR count). The van der Waals surface area contributed by atoms with E-state index in [1.54, 1.807) is 7.11 Å². The second kappa shape index (κ2) is 8.73. The number of nitrogens with zero attached hydrogens (tertiary/aromatic N) is 4. The summed E-state index contributed by atoms with van der Waals surface area (Å²) in [4.78, 5) is 31.6. The second-order valence-corrected chi connectivity index (χ2v) is 9.22. The van der Waals surface area contributed by atoms with Crippen LogP contribution >= 0.6 is 27.3 Å². The normalized spacial score (nSPS) is 14.8. The number of carbonyl (C=O) groups excluding carboxylic acids is 1.